The van der Waals surface area contributed by atoms with E-state index >= 15 is 0 Å². The molecule has 0 saturated heterocycles. The summed E-state index contributed by atoms with van der Waals surface area (Å²) in [4.78, 5) is 0. The highest BCUT2D eigenvalue weighted by Gasteiger charge is 2.33. The van der Waals surface area contributed by atoms with Crippen molar-refractivity contribution in [3.05, 3.63) is 29.3 Å². The van der Waals surface area contributed by atoms with Gasteiger partial charge in [0.15, 0.2) is 0 Å². The van der Waals surface area contributed by atoms with Gasteiger partial charge in [-0.15, -0.1) is 0 Å². The molecule has 0 heterocycles. The summed E-state index contributed by atoms with van der Waals surface area (Å²) in [5.74, 6) is 0. The van der Waals surface area contributed by atoms with Crippen LogP contribution >= 0.6 is 0 Å². The fourth-order valence-electron chi connectivity index (χ4n) is 1.42. The van der Waals surface area contributed by atoms with Gasteiger partial charge in [0.2, 0.25) is 0 Å². The van der Waals surface area contributed by atoms with E-state index in [1.165, 1.54) is 12.1 Å². The molecule has 3 nitrogen and oxygen atoms in total. The van der Waals surface area contributed by atoms with Crippen LogP contribution < -0.4 is 5.32 Å². The third kappa shape index (κ3) is 3.93. The Bertz CT molecular complexity index is 450. The molecular weight excluding hydrogens is 245 g/mol. The van der Waals surface area contributed by atoms with Gasteiger partial charge >= 0.3 is 6.18 Å². The number of aliphatic hydroxyl groups is 1. The summed E-state index contributed by atoms with van der Waals surface area (Å²) in [7, 11) is 0. The smallest absolute Gasteiger partial charge is 0.393 e. The van der Waals surface area contributed by atoms with E-state index in [0.717, 1.165) is 12.1 Å². The zero-order valence-electron chi connectivity index (χ0n) is 9.75. The first-order valence-corrected chi connectivity index (χ1v) is 5.38. The highest BCUT2D eigenvalue weighted by atomic mass is 19.4. The summed E-state index contributed by atoms with van der Waals surface area (Å²) < 4.78 is 37.6. The van der Waals surface area contributed by atoms with Gasteiger partial charge in [-0.3, -0.25) is 0 Å². The molecule has 0 aliphatic rings. The minimum Gasteiger partial charge on any atom is -0.393 e. The first-order valence-electron chi connectivity index (χ1n) is 5.38. The lowest BCUT2D eigenvalue weighted by molar-refractivity contribution is -0.137. The third-order valence-corrected chi connectivity index (χ3v) is 2.34. The molecule has 0 aromatic heterocycles. The summed E-state index contributed by atoms with van der Waals surface area (Å²) in [6.45, 7) is 2.04. The number of alkyl halides is 3. The quantitative estimate of drug-likeness (QED) is 0.873. The Kier molecular flexibility index (Phi) is 4.56. The maximum Gasteiger partial charge on any atom is 0.417 e. The van der Waals surface area contributed by atoms with Crippen molar-refractivity contribution < 1.29 is 18.3 Å². The van der Waals surface area contributed by atoms with Crippen LogP contribution in [-0.4, -0.2) is 17.8 Å². The van der Waals surface area contributed by atoms with E-state index in [9.17, 15) is 13.2 Å². The minimum absolute atomic E-state index is 0.412. The number of hydrogen-bond donors (Lipinski definition) is 2. The number of anilines is 1. The van der Waals surface area contributed by atoms with Crippen molar-refractivity contribution in [3.8, 4) is 6.07 Å². The van der Waals surface area contributed by atoms with Gasteiger partial charge in [0.1, 0.15) is 0 Å². The van der Waals surface area contributed by atoms with Crippen LogP contribution in [0.25, 0.3) is 0 Å². The number of rotatable bonds is 4. The van der Waals surface area contributed by atoms with Gasteiger partial charge in [-0.05, 0) is 31.5 Å². The first-order chi connectivity index (χ1) is 8.34. The molecule has 98 valence electrons. The van der Waals surface area contributed by atoms with E-state index in [2.05, 4.69) is 5.32 Å². The van der Waals surface area contributed by atoms with Gasteiger partial charge in [0.05, 0.1) is 23.3 Å². The van der Waals surface area contributed by atoms with Gasteiger partial charge in [-0.1, -0.05) is 0 Å². The molecular formula is C12H13F3N2O. The Balaban J connectivity index is 2.84. The van der Waals surface area contributed by atoms with Crippen LogP contribution in [0.5, 0.6) is 0 Å². The number of halogens is 3. The highest BCUT2D eigenvalue weighted by molar-refractivity contribution is 5.53. The van der Waals surface area contributed by atoms with E-state index < -0.39 is 23.4 Å². The Morgan fingerprint density at radius 2 is 2.11 bits per heavy atom. The van der Waals surface area contributed by atoms with Gasteiger partial charge in [0, 0.05) is 12.2 Å². The lowest BCUT2D eigenvalue weighted by Crippen LogP contribution is -2.11. The zero-order valence-corrected chi connectivity index (χ0v) is 9.75. The predicted molar refractivity (Wildman–Crippen MR) is 60.9 cm³/mol. The standard InChI is InChI=1S/C12H13F3N2O/c1-8(18)4-5-17-10-2-3-11(12(13,14)15)9(6-10)7-16/h2-3,6,8,17-18H,4-5H2,1H3. The van der Waals surface area contributed by atoms with Crippen molar-refractivity contribution in [2.75, 3.05) is 11.9 Å². The fourth-order valence-corrected chi connectivity index (χ4v) is 1.42. The molecule has 1 atom stereocenters. The maximum atomic E-state index is 12.5. The monoisotopic (exact) mass is 258 g/mol. The number of nitrogens with zero attached hydrogens (tertiary/aromatic N) is 1. The highest BCUT2D eigenvalue weighted by Crippen LogP contribution is 2.32. The fraction of sp³-hybridized carbons (Fsp3) is 0.417. The Morgan fingerprint density at radius 1 is 1.44 bits per heavy atom. The molecule has 1 rings (SSSR count). The molecule has 1 aromatic rings. The minimum atomic E-state index is -4.52. The second-order valence-corrected chi connectivity index (χ2v) is 3.93. The summed E-state index contributed by atoms with van der Waals surface area (Å²) in [6.07, 6.45) is -4.53. The maximum absolute atomic E-state index is 12.5. The number of hydrogen-bond acceptors (Lipinski definition) is 3. The van der Waals surface area contributed by atoms with Crippen molar-refractivity contribution in [2.45, 2.75) is 25.6 Å². The summed E-state index contributed by atoms with van der Waals surface area (Å²) >= 11 is 0. The Labute approximate surface area is 103 Å². The molecule has 1 aromatic carbocycles. The largest absolute Gasteiger partial charge is 0.417 e. The average molecular weight is 258 g/mol. The Hall–Kier alpha value is -1.74. The molecule has 2 N–H and O–H groups in total. The molecule has 6 heteroatoms. The second kappa shape index (κ2) is 5.74. The Morgan fingerprint density at radius 3 is 2.61 bits per heavy atom. The summed E-state index contributed by atoms with van der Waals surface area (Å²) in [6, 6.07) is 4.84. The molecule has 0 saturated carbocycles. The zero-order chi connectivity index (χ0) is 13.8. The molecule has 0 spiro atoms. The van der Waals surface area contributed by atoms with Crippen molar-refractivity contribution in [1.29, 1.82) is 5.26 Å². The van der Waals surface area contributed by atoms with E-state index in [1.807, 2.05) is 0 Å². The molecule has 0 radical (unpaired) electrons. The van der Waals surface area contributed by atoms with Crippen molar-refractivity contribution in [2.24, 2.45) is 0 Å². The molecule has 18 heavy (non-hydrogen) atoms. The molecule has 0 bridgehead atoms. The van der Waals surface area contributed by atoms with E-state index in [-0.39, 0.29) is 0 Å². The van der Waals surface area contributed by atoms with Gasteiger partial charge in [0.25, 0.3) is 0 Å². The first kappa shape index (κ1) is 14.3. The predicted octanol–water partition coefficient (Wildman–Crippen LogP) is 2.76. The average Bonchev–Trinajstić information content (AvgIpc) is 2.26. The summed E-state index contributed by atoms with van der Waals surface area (Å²) in [5.41, 5.74) is -0.921. The number of benzene rings is 1. The SMILES string of the molecule is CC(O)CCNc1ccc(C(F)(F)F)c(C#N)c1. The van der Waals surface area contributed by atoms with Crippen LogP contribution in [0.2, 0.25) is 0 Å². The molecule has 1 unspecified atom stereocenters. The normalized spacial score (nSPS) is 12.9. The third-order valence-electron chi connectivity index (χ3n) is 2.34. The van der Waals surface area contributed by atoms with Crippen LogP contribution in [0, 0.1) is 11.3 Å². The van der Waals surface area contributed by atoms with Crippen LogP contribution in [0.3, 0.4) is 0 Å². The molecule has 0 aliphatic heterocycles. The van der Waals surface area contributed by atoms with Crippen LogP contribution in [0.1, 0.15) is 24.5 Å². The van der Waals surface area contributed by atoms with Crippen LogP contribution in [0.15, 0.2) is 18.2 Å². The molecule has 0 amide bonds. The number of nitrogens with one attached hydrogen (secondary N) is 1. The second-order valence-electron chi connectivity index (χ2n) is 3.93. The molecule has 0 aliphatic carbocycles. The van der Waals surface area contributed by atoms with Gasteiger partial charge in [-0.25, -0.2) is 0 Å². The van der Waals surface area contributed by atoms with Crippen molar-refractivity contribution >= 4 is 5.69 Å². The van der Waals surface area contributed by atoms with Crippen molar-refractivity contribution in [1.82, 2.24) is 0 Å². The topological polar surface area (TPSA) is 56.0 Å². The molecule has 0 fully saturated rings. The lowest BCUT2D eigenvalue weighted by atomic mass is 10.1. The summed E-state index contributed by atoms with van der Waals surface area (Å²) in [5, 5.41) is 20.6. The van der Waals surface area contributed by atoms with Crippen LogP contribution in [0.4, 0.5) is 18.9 Å². The number of nitriles is 1. The van der Waals surface area contributed by atoms with E-state index in [4.69, 9.17) is 10.4 Å². The van der Waals surface area contributed by atoms with E-state index in [0.29, 0.717) is 18.7 Å². The van der Waals surface area contributed by atoms with E-state index in [1.54, 1.807) is 6.92 Å². The van der Waals surface area contributed by atoms with Crippen LogP contribution in [-0.2, 0) is 6.18 Å². The number of aliphatic hydroxyl groups excluding tert-OH is 1. The van der Waals surface area contributed by atoms with Crippen molar-refractivity contribution in [3.63, 3.8) is 0 Å². The van der Waals surface area contributed by atoms with Gasteiger partial charge in [-0.2, -0.15) is 18.4 Å². The van der Waals surface area contributed by atoms with Gasteiger partial charge < -0.3 is 10.4 Å². The lowest BCUT2D eigenvalue weighted by Gasteiger charge is -2.12.